The molecule has 5 nitrogen and oxygen atoms in total. The van der Waals surface area contributed by atoms with Gasteiger partial charge in [-0.15, -0.1) is 0 Å². The van der Waals surface area contributed by atoms with E-state index < -0.39 is 44.3 Å². The lowest BCUT2D eigenvalue weighted by molar-refractivity contribution is -0.155. The highest BCUT2D eigenvalue weighted by atomic mass is 79.9. The zero-order valence-electron chi connectivity index (χ0n) is 16.5. The van der Waals surface area contributed by atoms with Gasteiger partial charge in [0.1, 0.15) is 6.04 Å². The molecule has 6 rings (SSSR count). The molecule has 0 radical (unpaired) electrons. The van der Waals surface area contributed by atoms with E-state index >= 15 is 0 Å². The summed E-state index contributed by atoms with van der Waals surface area (Å²) in [5.41, 5.74) is 3.74. The van der Waals surface area contributed by atoms with Gasteiger partial charge < -0.3 is 5.11 Å². The highest BCUT2D eigenvalue weighted by molar-refractivity contribution is 9.10. The van der Waals surface area contributed by atoms with Crippen LogP contribution in [0.15, 0.2) is 48.5 Å². The van der Waals surface area contributed by atoms with Crippen LogP contribution in [0.5, 0.6) is 0 Å². The Morgan fingerprint density at radius 1 is 0.968 bits per heavy atom. The number of carbonyl (C=O) groups is 3. The summed E-state index contributed by atoms with van der Waals surface area (Å²) in [6, 6.07) is 14.5. The minimum atomic E-state index is -1.17. The number of likely N-dealkylation sites (tertiary alicyclic amines) is 1. The Hall–Kier alpha value is -1.64. The van der Waals surface area contributed by atoms with Gasteiger partial charge in [-0.25, -0.2) is 4.79 Å². The van der Waals surface area contributed by atoms with Crippen LogP contribution in [-0.2, 0) is 23.0 Å². The predicted molar refractivity (Wildman–Crippen MR) is 126 cm³/mol. The number of thioether (sulfide) groups is 1. The number of carboxylic acids is 1. The number of hydrogen-bond donors (Lipinski definition) is 1. The molecule has 0 saturated carbocycles. The summed E-state index contributed by atoms with van der Waals surface area (Å²) in [5, 5.41) is 9.87. The second kappa shape index (κ2) is 7.18. The van der Waals surface area contributed by atoms with Gasteiger partial charge >= 0.3 is 5.97 Å². The van der Waals surface area contributed by atoms with E-state index in [2.05, 4.69) is 31.9 Å². The van der Waals surface area contributed by atoms with Crippen LogP contribution in [0.4, 0.5) is 0 Å². The molecule has 160 valence electrons. The minimum absolute atomic E-state index is 0.220. The second-order valence-corrected chi connectivity index (χ2v) is 11.6. The van der Waals surface area contributed by atoms with Crippen LogP contribution in [0, 0.1) is 11.8 Å². The van der Waals surface area contributed by atoms with Gasteiger partial charge in [0, 0.05) is 0 Å². The van der Waals surface area contributed by atoms with E-state index in [-0.39, 0.29) is 6.42 Å². The van der Waals surface area contributed by atoms with E-state index in [1.807, 2.05) is 54.8 Å². The molecule has 3 atom stereocenters. The first-order valence-electron chi connectivity index (χ1n) is 9.96. The Morgan fingerprint density at radius 3 is 1.68 bits per heavy atom. The van der Waals surface area contributed by atoms with Gasteiger partial charge in [-0.2, -0.15) is 11.8 Å². The van der Waals surface area contributed by atoms with Crippen molar-refractivity contribution in [3.8, 4) is 0 Å². The standard InChI is InChI=1S/C23H19Br2NO4S/c1-31-11-10-16(21(29)30)26-19(27)17-18(20(26)28)23(25)13-7-3-2-6-12(13)22(17,24)14-8-4-5-9-15(14)23/h2-9,16-18H,10-11H2,1H3,(H,29,30)/t16-,17-,18-,22?,23?/m1/s1. The van der Waals surface area contributed by atoms with Gasteiger partial charge in [-0.1, -0.05) is 80.4 Å². The molecule has 0 spiro atoms. The van der Waals surface area contributed by atoms with E-state index in [0.29, 0.717) is 5.75 Å². The van der Waals surface area contributed by atoms with Crippen LogP contribution in [0.1, 0.15) is 28.7 Å². The zero-order chi connectivity index (χ0) is 22.1. The molecular formula is C23H19Br2NO4S. The summed E-state index contributed by atoms with van der Waals surface area (Å²) in [6.07, 6.45) is 2.10. The van der Waals surface area contributed by atoms with Gasteiger partial charge in [0.25, 0.3) is 0 Å². The molecule has 1 saturated heterocycles. The number of carboxylic acid groups (broad SMARTS) is 1. The summed E-state index contributed by atoms with van der Waals surface area (Å²) in [7, 11) is 0. The summed E-state index contributed by atoms with van der Waals surface area (Å²) in [5.74, 6) is -2.92. The second-order valence-electron chi connectivity index (χ2n) is 8.15. The quantitative estimate of drug-likeness (QED) is 0.437. The molecule has 1 heterocycles. The third kappa shape index (κ3) is 2.52. The molecule has 1 N–H and O–H groups in total. The molecule has 2 bridgehead atoms. The van der Waals surface area contributed by atoms with E-state index in [4.69, 9.17) is 0 Å². The van der Waals surface area contributed by atoms with Crippen molar-refractivity contribution in [3.63, 3.8) is 0 Å². The Morgan fingerprint density at radius 2 is 1.35 bits per heavy atom. The number of alkyl halides is 2. The van der Waals surface area contributed by atoms with E-state index in [1.54, 1.807) is 0 Å². The third-order valence-corrected chi connectivity index (χ3v) is 10.2. The fraction of sp³-hybridized carbons (Fsp3) is 0.348. The molecule has 0 unspecified atom stereocenters. The highest BCUT2D eigenvalue weighted by Gasteiger charge is 2.73. The Bertz CT molecular complexity index is 1010. The Kier molecular flexibility index (Phi) is 4.92. The maximum absolute atomic E-state index is 13.8. The first-order valence-corrected chi connectivity index (χ1v) is 12.9. The van der Waals surface area contributed by atoms with Gasteiger partial charge in [-0.05, 0) is 40.7 Å². The van der Waals surface area contributed by atoms with E-state index in [0.717, 1.165) is 27.2 Å². The number of halogens is 2. The molecule has 3 aliphatic carbocycles. The average molecular weight is 565 g/mol. The van der Waals surface area contributed by atoms with Crippen LogP contribution < -0.4 is 0 Å². The third-order valence-electron chi connectivity index (χ3n) is 6.81. The van der Waals surface area contributed by atoms with Crippen LogP contribution >= 0.6 is 43.6 Å². The van der Waals surface area contributed by atoms with Crippen molar-refractivity contribution in [2.75, 3.05) is 12.0 Å². The predicted octanol–water partition coefficient (Wildman–Crippen LogP) is 4.10. The lowest BCUT2D eigenvalue weighted by atomic mass is 9.54. The lowest BCUT2D eigenvalue weighted by Crippen LogP contribution is -2.56. The summed E-state index contributed by atoms with van der Waals surface area (Å²) < 4.78 is -1.80. The molecule has 4 aliphatic rings. The summed E-state index contributed by atoms with van der Waals surface area (Å²) in [4.78, 5) is 40.7. The number of amides is 2. The van der Waals surface area contributed by atoms with Crippen LogP contribution in [0.2, 0.25) is 0 Å². The Labute approximate surface area is 200 Å². The van der Waals surface area contributed by atoms with Crippen molar-refractivity contribution < 1.29 is 19.5 Å². The fourth-order valence-corrected chi connectivity index (χ4v) is 8.35. The maximum Gasteiger partial charge on any atom is 0.326 e. The number of rotatable bonds is 5. The largest absolute Gasteiger partial charge is 0.480 e. The summed E-state index contributed by atoms with van der Waals surface area (Å²) in [6.45, 7) is 0. The molecule has 1 fully saturated rings. The van der Waals surface area contributed by atoms with Crippen LogP contribution in [0.3, 0.4) is 0 Å². The monoisotopic (exact) mass is 563 g/mol. The number of hydrogen-bond acceptors (Lipinski definition) is 4. The van der Waals surface area contributed by atoms with E-state index in [9.17, 15) is 19.5 Å². The first kappa shape index (κ1) is 21.2. The summed E-state index contributed by atoms with van der Waals surface area (Å²) >= 11 is 9.34. The van der Waals surface area contributed by atoms with Crippen molar-refractivity contribution in [2.45, 2.75) is 21.1 Å². The fourth-order valence-electron chi connectivity index (χ4n) is 5.59. The van der Waals surface area contributed by atoms with Crippen molar-refractivity contribution in [2.24, 2.45) is 11.8 Å². The molecule has 31 heavy (non-hydrogen) atoms. The normalized spacial score (nSPS) is 31.3. The zero-order valence-corrected chi connectivity index (χ0v) is 20.5. The maximum atomic E-state index is 13.8. The molecular weight excluding hydrogens is 546 g/mol. The number of nitrogens with zero attached hydrogens (tertiary/aromatic N) is 1. The average Bonchev–Trinajstić information content (AvgIpc) is 3.04. The number of aliphatic carboxylic acids is 1. The van der Waals surface area contributed by atoms with Crippen LogP contribution in [-0.4, -0.2) is 45.8 Å². The van der Waals surface area contributed by atoms with Crippen molar-refractivity contribution in [1.29, 1.82) is 0 Å². The SMILES string of the molecule is CSCC[C@H](C(=O)O)N1C(=O)[C@H]2[C@H](C1=O)C1(Br)c3ccccc3C2(Br)c2ccccc21. The van der Waals surface area contributed by atoms with Gasteiger partial charge in [0.2, 0.25) is 11.8 Å². The Balaban J connectivity index is 1.76. The van der Waals surface area contributed by atoms with Crippen molar-refractivity contribution in [1.82, 2.24) is 4.90 Å². The lowest BCUT2D eigenvalue weighted by Gasteiger charge is -2.55. The molecule has 0 aromatic heterocycles. The number of imide groups is 1. The molecule has 2 aromatic carbocycles. The smallest absolute Gasteiger partial charge is 0.326 e. The minimum Gasteiger partial charge on any atom is -0.480 e. The van der Waals surface area contributed by atoms with Crippen molar-refractivity contribution >= 4 is 61.4 Å². The van der Waals surface area contributed by atoms with E-state index in [1.165, 1.54) is 11.8 Å². The number of benzene rings is 2. The first-order chi connectivity index (χ1) is 14.8. The van der Waals surface area contributed by atoms with Gasteiger partial charge in [0.05, 0.1) is 20.5 Å². The van der Waals surface area contributed by atoms with Gasteiger partial charge in [-0.3, -0.25) is 14.5 Å². The van der Waals surface area contributed by atoms with Crippen LogP contribution in [0.25, 0.3) is 0 Å². The molecule has 2 amide bonds. The number of carbonyl (C=O) groups excluding carboxylic acids is 2. The molecule has 8 heteroatoms. The van der Waals surface area contributed by atoms with Crippen molar-refractivity contribution in [3.05, 3.63) is 70.8 Å². The molecule has 2 aromatic rings. The van der Waals surface area contributed by atoms with Gasteiger partial charge in [0.15, 0.2) is 0 Å². The molecule has 1 aliphatic heterocycles. The topological polar surface area (TPSA) is 74.7 Å². The highest BCUT2D eigenvalue weighted by Crippen LogP contribution is 2.70.